The lowest BCUT2D eigenvalue weighted by Crippen LogP contribution is -2.16. The average Bonchev–Trinajstić information content (AvgIpc) is 2.99. The largest absolute Gasteiger partial charge is 0.346 e. The van der Waals surface area contributed by atoms with Crippen molar-refractivity contribution in [2.24, 2.45) is 0 Å². The van der Waals surface area contributed by atoms with E-state index in [9.17, 15) is 0 Å². The molecule has 0 saturated carbocycles. The number of aryl methyl sites for hydroxylation is 1. The van der Waals surface area contributed by atoms with E-state index in [4.69, 9.17) is 0 Å². The second-order valence-electron chi connectivity index (χ2n) is 4.99. The summed E-state index contributed by atoms with van der Waals surface area (Å²) in [6.45, 7) is 3.86. The summed E-state index contributed by atoms with van der Waals surface area (Å²) < 4.78 is 1.90. The van der Waals surface area contributed by atoms with E-state index in [2.05, 4.69) is 45.3 Å². The Morgan fingerprint density at radius 3 is 2.58 bits per heavy atom. The van der Waals surface area contributed by atoms with E-state index in [1.54, 1.807) is 0 Å². The van der Waals surface area contributed by atoms with Gasteiger partial charge in [0, 0.05) is 25.5 Å². The van der Waals surface area contributed by atoms with Crippen LogP contribution in [-0.4, -0.2) is 14.6 Å². The zero-order chi connectivity index (χ0) is 12.8. The third kappa shape index (κ3) is 1.60. The van der Waals surface area contributed by atoms with Crippen LogP contribution in [0.15, 0.2) is 42.7 Å². The number of rotatable bonds is 1. The normalized spacial score (nSPS) is 14.1. The van der Waals surface area contributed by atoms with Gasteiger partial charge in [0.05, 0.1) is 5.69 Å². The standard InChI is InChI=1S/C15H14N4/c1-11-8-14-15(16-6-7-19(14)17-11)18-9-12-4-2-3-5-13(12)10-18/h2-8H,9-10H2,1H3. The van der Waals surface area contributed by atoms with E-state index in [-0.39, 0.29) is 0 Å². The van der Waals surface area contributed by atoms with Gasteiger partial charge >= 0.3 is 0 Å². The minimum absolute atomic E-state index is 0.924. The first kappa shape index (κ1) is 10.6. The SMILES string of the molecule is Cc1cc2c(N3Cc4ccccc4C3)nccn2n1. The molecule has 1 aromatic carbocycles. The van der Waals surface area contributed by atoms with Crippen LogP contribution in [0.3, 0.4) is 0 Å². The predicted molar refractivity (Wildman–Crippen MR) is 74.1 cm³/mol. The van der Waals surface area contributed by atoms with Crippen LogP contribution in [0.2, 0.25) is 0 Å². The molecule has 3 heterocycles. The highest BCUT2D eigenvalue weighted by Gasteiger charge is 2.21. The third-order valence-electron chi connectivity index (χ3n) is 3.63. The first-order valence-electron chi connectivity index (χ1n) is 6.44. The first-order valence-corrected chi connectivity index (χ1v) is 6.44. The molecule has 3 aromatic rings. The van der Waals surface area contributed by atoms with Crippen LogP contribution in [0, 0.1) is 6.92 Å². The summed E-state index contributed by atoms with van der Waals surface area (Å²) in [7, 11) is 0. The van der Waals surface area contributed by atoms with Crippen molar-refractivity contribution in [1.82, 2.24) is 14.6 Å². The van der Waals surface area contributed by atoms with Gasteiger partial charge in [-0.15, -0.1) is 0 Å². The highest BCUT2D eigenvalue weighted by Crippen LogP contribution is 2.29. The van der Waals surface area contributed by atoms with Gasteiger partial charge in [-0.1, -0.05) is 24.3 Å². The van der Waals surface area contributed by atoms with E-state index in [1.165, 1.54) is 11.1 Å². The Labute approximate surface area is 111 Å². The Bertz CT molecular complexity index is 735. The van der Waals surface area contributed by atoms with Crippen LogP contribution < -0.4 is 4.90 Å². The smallest absolute Gasteiger partial charge is 0.155 e. The molecule has 2 aromatic heterocycles. The van der Waals surface area contributed by atoms with Crippen molar-refractivity contribution in [3.8, 4) is 0 Å². The van der Waals surface area contributed by atoms with Gasteiger partial charge < -0.3 is 4.90 Å². The maximum atomic E-state index is 4.55. The van der Waals surface area contributed by atoms with Crippen LogP contribution >= 0.6 is 0 Å². The average molecular weight is 250 g/mol. The molecule has 19 heavy (non-hydrogen) atoms. The van der Waals surface area contributed by atoms with Crippen LogP contribution in [0.1, 0.15) is 16.8 Å². The number of hydrogen-bond donors (Lipinski definition) is 0. The molecule has 1 aliphatic rings. The van der Waals surface area contributed by atoms with Crippen molar-refractivity contribution in [3.05, 3.63) is 59.5 Å². The van der Waals surface area contributed by atoms with Gasteiger partial charge in [0.15, 0.2) is 5.82 Å². The molecule has 94 valence electrons. The molecule has 0 atom stereocenters. The number of benzene rings is 1. The second-order valence-corrected chi connectivity index (χ2v) is 4.99. The van der Waals surface area contributed by atoms with Crippen molar-refractivity contribution >= 4 is 11.3 Å². The molecule has 1 aliphatic heterocycles. The summed E-state index contributed by atoms with van der Waals surface area (Å²) in [6.07, 6.45) is 3.72. The lowest BCUT2D eigenvalue weighted by atomic mass is 10.1. The topological polar surface area (TPSA) is 33.4 Å². The van der Waals surface area contributed by atoms with E-state index in [1.807, 2.05) is 23.8 Å². The summed E-state index contributed by atoms with van der Waals surface area (Å²) in [5.41, 5.74) is 4.88. The highest BCUT2D eigenvalue weighted by atomic mass is 15.3. The van der Waals surface area contributed by atoms with Crippen LogP contribution in [-0.2, 0) is 13.1 Å². The third-order valence-corrected chi connectivity index (χ3v) is 3.63. The van der Waals surface area contributed by atoms with Crippen LogP contribution in [0.25, 0.3) is 5.52 Å². The minimum Gasteiger partial charge on any atom is -0.346 e. The van der Waals surface area contributed by atoms with Gasteiger partial charge in [-0.2, -0.15) is 5.10 Å². The number of nitrogens with zero attached hydrogens (tertiary/aromatic N) is 4. The van der Waals surface area contributed by atoms with Crippen molar-refractivity contribution in [3.63, 3.8) is 0 Å². The van der Waals surface area contributed by atoms with Gasteiger partial charge in [-0.25, -0.2) is 9.50 Å². The number of fused-ring (bicyclic) bond motifs is 2. The maximum absolute atomic E-state index is 4.55. The first-order chi connectivity index (χ1) is 9.31. The van der Waals surface area contributed by atoms with Crippen LogP contribution in [0.4, 0.5) is 5.82 Å². The number of hydrogen-bond acceptors (Lipinski definition) is 3. The quantitative estimate of drug-likeness (QED) is 0.665. The molecule has 0 spiro atoms. The Morgan fingerprint density at radius 2 is 1.84 bits per heavy atom. The fraction of sp³-hybridized carbons (Fsp3) is 0.200. The Morgan fingerprint density at radius 1 is 1.11 bits per heavy atom. The summed E-state index contributed by atoms with van der Waals surface area (Å²) in [5, 5.41) is 4.44. The number of anilines is 1. The molecule has 0 unspecified atom stereocenters. The molecule has 4 nitrogen and oxygen atoms in total. The molecular weight excluding hydrogens is 236 g/mol. The summed E-state index contributed by atoms with van der Waals surface area (Å²) in [5.74, 6) is 1.01. The molecular formula is C15H14N4. The molecule has 4 rings (SSSR count). The summed E-state index contributed by atoms with van der Waals surface area (Å²) in [6, 6.07) is 10.7. The molecule has 0 radical (unpaired) electrons. The fourth-order valence-electron chi connectivity index (χ4n) is 2.76. The number of aromatic nitrogens is 3. The monoisotopic (exact) mass is 250 g/mol. The van der Waals surface area contributed by atoms with Gasteiger partial charge in [0.2, 0.25) is 0 Å². The van der Waals surface area contributed by atoms with Gasteiger partial charge in [0.1, 0.15) is 5.52 Å². The molecule has 0 amide bonds. The van der Waals surface area contributed by atoms with Crippen LogP contribution in [0.5, 0.6) is 0 Å². The van der Waals surface area contributed by atoms with E-state index >= 15 is 0 Å². The van der Waals surface area contributed by atoms with Crippen molar-refractivity contribution in [2.75, 3.05) is 4.90 Å². The molecule has 0 N–H and O–H groups in total. The highest BCUT2D eigenvalue weighted by molar-refractivity contribution is 5.70. The van der Waals surface area contributed by atoms with Crippen molar-refractivity contribution in [1.29, 1.82) is 0 Å². The Kier molecular flexibility index (Phi) is 2.12. The Hall–Kier alpha value is -2.36. The predicted octanol–water partition coefficient (Wildman–Crippen LogP) is 2.56. The fourth-order valence-corrected chi connectivity index (χ4v) is 2.76. The van der Waals surface area contributed by atoms with E-state index in [0.717, 1.165) is 30.1 Å². The zero-order valence-electron chi connectivity index (χ0n) is 10.7. The molecule has 0 fully saturated rings. The lowest BCUT2D eigenvalue weighted by molar-refractivity contribution is 0.842. The summed E-state index contributed by atoms with van der Waals surface area (Å²) in [4.78, 5) is 6.86. The summed E-state index contributed by atoms with van der Waals surface area (Å²) >= 11 is 0. The molecule has 0 bridgehead atoms. The molecule has 0 saturated heterocycles. The van der Waals surface area contributed by atoms with Crippen molar-refractivity contribution < 1.29 is 0 Å². The van der Waals surface area contributed by atoms with Gasteiger partial charge in [-0.3, -0.25) is 0 Å². The lowest BCUT2D eigenvalue weighted by Gasteiger charge is -2.17. The van der Waals surface area contributed by atoms with Gasteiger partial charge in [-0.05, 0) is 24.1 Å². The van der Waals surface area contributed by atoms with Gasteiger partial charge in [0.25, 0.3) is 0 Å². The Balaban J connectivity index is 1.81. The zero-order valence-corrected chi connectivity index (χ0v) is 10.7. The van der Waals surface area contributed by atoms with E-state index < -0.39 is 0 Å². The van der Waals surface area contributed by atoms with Crippen molar-refractivity contribution in [2.45, 2.75) is 20.0 Å². The molecule has 0 aliphatic carbocycles. The minimum atomic E-state index is 0.924. The molecule has 4 heteroatoms. The maximum Gasteiger partial charge on any atom is 0.155 e. The van der Waals surface area contributed by atoms with E-state index in [0.29, 0.717) is 0 Å². The second kappa shape index (κ2) is 3.82.